The molecule has 21 heavy (non-hydrogen) atoms. The fraction of sp³-hybridized carbons (Fsp3) is 0.0625. The van der Waals surface area contributed by atoms with Crippen LogP contribution in [-0.2, 0) is 0 Å². The highest BCUT2D eigenvalue weighted by Gasteiger charge is 2.35. The third kappa shape index (κ3) is 3.78. The van der Waals surface area contributed by atoms with Gasteiger partial charge in [0.25, 0.3) is 0 Å². The Hall–Kier alpha value is -2.43. The summed E-state index contributed by atoms with van der Waals surface area (Å²) in [5.41, 5.74) is -1.20. The van der Waals surface area contributed by atoms with Crippen LogP contribution < -0.4 is 0 Å². The molecule has 108 valence electrons. The summed E-state index contributed by atoms with van der Waals surface area (Å²) in [4.78, 5) is 11.9. The normalized spacial score (nSPS) is 12.3. The zero-order valence-corrected chi connectivity index (χ0v) is 10.7. The second-order valence-electron chi connectivity index (χ2n) is 4.29. The lowest BCUT2D eigenvalue weighted by Gasteiger charge is -2.12. The van der Waals surface area contributed by atoms with Gasteiger partial charge in [-0.3, -0.25) is 4.79 Å². The first kappa shape index (κ1) is 15.0. The molecule has 0 aliphatic heterocycles. The maximum Gasteiger partial charge on any atom is 0.417 e. The molecule has 0 aromatic heterocycles. The average Bonchev–Trinajstić information content (AvgIpc) is 2.45. The van der Waals surface area contributed by atoms with Crippen molar-refractivity contribution in [3.05, 3.63) is 77.6 Å². The first-order chi connectivity index (χ1) is 9.88. The Morgan fingerprint density at radius 2 is 1.43 bits per heavy atom. The molecule has 0 bridgehead atoms. The molecule has 0 saturated heterocycles. The maximum atomic E-state index is 13.1. The molecule has 0 unspecified atom stereocenters. The molecule has 0 N–H and O–H groups in total. The maximum absolute atomic E-state index is 13.1. The minimum atomic E-state index is -4.71. The Kier molecular flexibility index (Phi) is 4.21. The van der Waals surface area contributed by atoms with Crippen LogP contribution in [0.15, 0.2) is 60.7 Å². The molecular weight excluding hydrogens is 284 g/mol. The number of carbonyl (C=O) groups is 1. The van der Waals surface area contributed by atoms with Crippen molar-refractivity contribution in [2.24, 2.45) is 0 Å². The number of halogens is 4. The molecule has 2 aromatic rings. The van der Waals surface area contributed by atoms with E-state index in [9.17, 15) is 22.4 Å². The minimum absolute atomic E-state index is 0.154. The van der Waals surface area contributed by atoms with E-state index in [1.54, 1.807) is 18.2 Å². The van der Waals surface area contributed by atoms with Gasteiger partial charge in [0.2, 0.25) is 0 Å². The van der Waals surface area contributed by atoms with E-state index >= 15 is 0 Å². The van der Waals surface area contributed by atoms with E-state index in [2.05, 4.69) is 0 Å². The van der Waals surface area contributed by atoms with Gasteiger partial charge in [0.05, 0.1) is 5.57 Å². The predicted molar refractivity (Wildman–Crippen MR) is 71.2 cm³/mol. The van der Waals surface area contributed by atoms with Crippen molar-refractivity contribution in [2.45, 2.75) is 6.18 Å². The molecule has 1 nitrogen and oxygen atoms in total. The largest absolute Gasteiger partial charge is 0.417 e. The van der Waals surface area contributed by atoms with Crippen molar-refractivity contribution in [1.29, 1.82) is 0 Å². The van der Waals surface area contributed by atoms with Crippen molar-refractivity contribution >= 4 is 11.4 Å². The molecule has 0 atom stereocenters. The van der Waals surface area contributed by atoms with Gasteiger partial charge in [-0.25, -0.2) is 4.39 Å². The molecule has 0 aliphatic carbocycles. The zero-order valence-electron chi connectivity index (χ0n) is 10.7. The van der Waals surface area contributed by atoms with Crippen LogP contribution in [-0.4, -0.2) is 12.0 Å². The van der Waals surface area contributed by atoms with Gasteiger partial charge in [-0.2, -0.15) is 13.2 Å². The summed E-state index contributed by atoms with van der Waals surface area (Å²) in [5.74, 6) is -1.40. The van der Waals surface area contributed by atoms with Crippen molar-refractivity contribution in [1.82, 2.24) is 0 Å². The van der Waals surface area contributed by atoms with Crippen LogP contribution in [0.1, 0.15) is 15.9 Å². The van der Waals surface area contributed by atoms with Crippen molar-refractivity contribution in [2.75, 3.05) is 0 Å². The number of benzene rings is 2. The summed E-state index contributed by atoms with van der Waals surface area (Å²) in [7, 11) is 0. The molecule has 0 fully saturated rings. The van der Waals surface area contributed by atoms with Crippen LogP contribution in [0.5, 0.6) is 0 Å². The fourth-order valence-electron chi connectivity index (χ4n) is 1.78. The molecule has 0 heterocycles. The van der Waals surface area contributed by atoms with Gasteiger partial charge in [0.1, 0.15) is 5.82 Å². The molecular formula is C16H10F4O. The van der Waals surface area contributed by atoms with Crippen LogP contribution in [0, 0.1) is 5.82 Å². The Morgan fingerprint density at radius 1 is 0.857 bits per heavy atom. The Labute approximate surface area is 118 Å². The van der Waals surface area contributed by atoms with E-state index in [1.807, 2.05) is 0 Å². The van der Waals surface area contributed by atoms with Gasteiger partial charge >= 0.3 is 6.18 Å². The van der Waals surface area contributed by atoms with Crippen LogP contribution in [0.4, 0.5) is 17.6 Å². The number of ketones is 1. The van der Waals surface area contributed by atoms with Gasteiger partial charge in [0.15, 0.2) is 5.78 Å². The molecule has 0 aliphatic rings. The van der Waals surface area contributed by atoms with Gasteiger partial charge < -0.3 is 0 Å². The lowest BCUT2D eigenvalue weighted by molar-refractivity contribution is -0.0689. The first-order valence-corrected chi connectivity index (χ1v) is 6.02. The third-order valence-corrected chi connectivity index (χ3v) is 2.79. The molecule has 2 rings (SSSR count). The summed E-state index contributed by atoms with van der Waals surface area (Å²) in [6, 6.07) is 11.5. The summed E-state index contributed by atoms with van der Waals surface area (Å²) < 4.78 is 52.0. The Bertz CT molecular complexity index is 655. The molecule has 5 heteroatoms. The topological polar surface area (TPSA) is 17.1 Å². The molecule has 0 amide bonds. The lowest BCUT2D eigenvalue weighted by Crippen LogP contribution is -2.13. The van der Waals surface area contributed by atoms with Crippen LogP contribution >= 0.6 is 0 Å². The summed E-state index contributed by atoms with van der Waals surface area (Å²) in [5, 5.41) is 0. The van der Waals surface area contributed by atoms with Crippen molar-refractivity contribution < 1.29 is 22.4 Å². The first-order valence-electron chi connectivity index (χ1n) is 6.02. The number of allylic oxidation sites excluding steroid dienone is 2. The number of hydrogen-bond acceptors (Lipinski definition) is 1. The Morgan fingerprint density at radius 3 is 1.95 bits per heavy atom. The lowest BCUT2D eigenvalue weighted by atomic mass is 10.0. The van der Waals surface area contributed by atoms with E-state index in [-0.39, 0.29) is 11.1 Å². The number of alkyl halides is 3. The number of hydrogen-bond donors (Lipinski definition) is 0. The standard InChI is InChI=1S/C16H10F4O/c17-13-8-6-11(7-9-13)14(16(18,19)20)10-15(21)12-4-2-1-3-5-12/h1-10H/b14-10+. The summed E-state index contributed by atoms with van der Waals surface area (Å²) in [6.07, 6.45) is -4.18. The highest BCUT2D eigenvalue weighted by Crippen LogP contribution is 2.34. The van der Waals surface area contributed by atoms with Gasteiger partial charge in [-0.1, -0.05) is 42.5 Å². The van der Waals surface area contributed by atoms with Crippen LogP contribution in [0.25, 0.3) is 5.57 Å². The second kappa shape index (κ2) is 5.91. The molecule has 0 spiro atoms. The van der Waals surface area contributed by atoms with Crippen LogP contribution in [0.3, 0.4) is 0 Å². The van der Waals surface area contributed by atoms with E-state index in [0.29, 0.717) is 6.08 Å². The van der Waals surface area contributed by atoms with Gasteiger partial charge in [0, 0.05) is 5.56 Å². The predicted octanol–water partition coefficient (Wildman–Crippen LogP) is 4.65. The van der Waals surface area contributed by atoms with Crippen molar-refractivity contribution in [3.63, 3.8) is 0 Å². The second-order valence-corrected chi connectivity index (χ2v) is 4.29. The third-order valence-electron chi connectivity index (χ3n) is 2.79. The highest BCUT2D eigenvalue weighted by molar-refractivity contribution is 6.09. The van der Waals surface area contributed by atoms with E-state index < -0.39 is 23.3 Å². The fourth-order valence-corrected chi connectivity index (χ4v) is 1.78. The molecule has 0 saturated carbocycles. The smallest absolute Gasteiger partial charge is 0.289 e. The summed E-state index contributed by atoms with van der Waals surface area (Å²) in [6.45, 7) is 0. The van der Waals surface area contributed by atoms with Gasteiger partial charge in [-0.15, -0.1) is 0 Å². The SMILES string of the molecule is O=C(/C=C(\c1ccc(F)cc1)C(F)(F)F)c1ccccc1. The van der Waals surface area contributed by atoms with E-state index in [0.717, 1.165) is 24.3 Å². The molecule has 2 aromatic carbocycles. The van der Waals surface area contributed by atoms with Crippen molar-refractivity contribution in [3.8, 4) is 0 Å². The van der Waals surface area contributed by atoms with Crippen LogP contribution in [0.2, 0.25) is 0 Å². The highest BCUT2D eigenvalue weighted by atomic mass is 19.4. The number of carbonyl (C=O) groups excluding carboxylic acids is 1. The Balaban J connectivity index is 2.44. The summed E-state index contributed by atoms with van der Waals surface area (Å²) >= 11 is 0. The molecule has 0 radical (unpaired) electrons. The minimum Gasteiger partial charge on any atom is -0.289 e. The van der Waals surface area contributed by atoms with Gasteiger partial charge in [-0.05, 0) is 23.8 Å². The van der Waals surface area contributed by atoms with E-state index in [4.69, 9.17) is 0 Å². The average molecular weight is 294 g/mol. The van der Waals surface area contributed by atoms with E-state index in [1.165, 1.54) is 12.1 Å². The monoisotopic (exact) mass is 294 g/mol. The number of rotatable bonds is 3. The quantitative estimate of drug-likeness (QED) is 0.457. The zero-order chi connectivity index (χ0) is 15.5.